The monoisotopic (exact) mass is 256 g/mol. The van der Waals surface area contributed by atoms with Crippen molar-refractivity contribution in [2.45, 2.75) is 19.8 Å². The Bertz CT molecular complexity index is 537. The fraction of sp³-hybridized carbons (Fsp3) is 0.333. The van der Waals surface area contributed by atoms with Gasteiger partial charge in [0.25, 0.3) is 0 Å². The van der Waals surface area contributed by atoms with Crippen LogP contribution in [-0.2, 0) is 0 Å². The van der Waals surface area contributed by atoms with E-state index in [1.807, 2.05) is 38.4 Å². The second kappa shape index (κ2) is 5.69. The molecule has 0 aliphatic carbocycles. The van der Waals surface area contributed by atoms with Crippen molar-refractivity contribution in [1.29, 1.82) is 0 Å². The third kappa shape index (κ3) is 3.02. The molecule has 0 bridgehead atoms. The molecule has 1 aromatic carbocycles. The maximum absolute atomic E-state index is 4.63. The van der Waals surface area contributed by atoms with Crippen LogP contribution >= 0.6 is 0 Å². The number of nitrogens with one attached hydrogen (secondary N) is 1. The molecule has 0 saturated heterocycles. The Labute approximate surface area is 114 Å². The zero-order valence-corrected chi connectivity index (χ0v) is 11.9. The fourth-order valence-corrected chi connectivity index (χ4v) is 1.79. The summed E-state index contributed by atoms with van der Waals surface area (Å²) in [6.45, 7) is 4.20. The predicted octanol–water partition coefficient (Wildman–Crippen LogP) is 3.41. The number of para-hydroxylation sites is 1. The molecule has 0 radical (unpaired) electrons. The number of hydrogen-bond donors (Lipinski definition) is 1. The Morgan fingerprint density at radius 1 is 1.11 bits per heavy atom. The molecule has 0 amide bonds. The maximum atomic E-state index is 4.63. The summed E-state index contributed by atoms with van der Waals surface area (Å²) in [5.74, 6) is 2.89. The minimum atomic E-state index is 0.302. The molecule has 0 atom stereocenters. The van der Waals surface area contributed by atoms with Crippen molar-refractivity contribution in [3.05, 3.63) is 42.2 Å². The molecular formula is C15H20N4. The van der Waals surface area contributed by atoms with Gasteiger partial charge in [-0.25, -0.2) is 9.97 Å². The highest BCUT2D eigenvalue weighted by atomic mass is 15.2. The van der Waals surface area contributed by atoms with Gasteiger partial charge in [0.05, 0.1) is 0 Å². The van der Waals surface area contributed by atoms with Crippen LogP contribution in [0.5, 0.6) is 0 Å². The lowest BCUT2D eigenvalue weighted by molar-refractivity contribution is 0.773. The standard InChI is InChI=1S/C15H20N4/c1-11(2)15-17-13(16-3)10-14(18-15)19(4)12-8-6-5-7-9-12/h5-11H,1-4H3,(H,16,17,18). The van der Waals surface area contributed by atoms with E-state index in [0.29, 0.717) is 5.92 Å². The zero-order valence-electron chi connectivity index (χ0n) is 11.9. The van der Waals surface area contributed by atoms with Crippen molar-refractivity contribution in [2.24, 2.45) is 0 Å². The molecule has 2 aromatic rings. The lowest BCUT2D eigenvalue weighted by Gasteiger charge is -2.20. The first-order chi connectivity index (χ1) is 9.11. The Morgan fingerprint density at radius 3 is 2.37 bits per heavy atom. The van der Waals surface area contributed by atoms with Crippen molar-refractivity contribution in [3.63, 3.8) is 0 Å². The number of hydrogen-bond acceptors (Lipinski definition) is 4. The molecule has 2 rings (SSSR count). The van der Waals surface area contributed by atoms with Crippen LogP contribution in [0.25, 0.3) is 0 Å². The van der Waals surface area contributed by atoms with Crippen molar-refractivity contribution in [3.8, 4) is 0 Å². The second-order valence-electron chi connectivity index (χ2n) is 4.77. The summed E-state index contributed by atoms with van der Waals surface area (Å²) in [5.41, 5.74) is 1.11. The third-order valence-electron chi connectivity index (χ3n) is 2.99. The average Bonchev–Trinajstić information content (AvgIpc) is 2.46. The van der Waals surface area contributed by atoms with Gasteiger partial charge in [-0.2, -0.15) is 0 Å². The molecule has 0 aliphatic heterocycles. The summed E-state index contributed by atoms with van der Waals surface area (Å²) in [7, 11) is 3.89. The van der Waals surface area contributed by atoms with Crippen molar-refractivity contribution < 1.29 is 0 Å². The molecule has 0 fully saturated rings. The molecule has 0 spiro atoms. The Balaban J connectivity index is 2.41. The van der Waals surface area contributed by atoms with Gasteiger partial charge in [-0.3, -0.25) is 0 Å². The van der Waals surface area contributed by atoms with E-state index in [-0.39, 0.29) is 0 Å². The minimum Gasteiger partial charge on any atom is -0.373 e. The molecular weight excluding hydrogens is 236 g/mol. The smallest absolute Gasteiger partial charge is 0.138 e. The molecule has 19 heavy (non-hydrogen) atoms. The topological polar surface area (TPSA) is 41.0 Å². The van der Waals surface area contributed by atoms with Crippen LogP contribution in [0, 0.1) is 0 Å². The van der Waals surface area contributed by atoms with E-state index < -0.39 is 0 Å². The highest BCUT2D eigenvalue weighted by Crippen LogP contribution is 2.24. The highest BCUT2D eigenvalue weighted by molar-refractivity contribution is 5.61. The van der Waals surface area contributed by atoms with Crippen LogP contribution in [0.1, 0.15) is 25.6 Å². The average molecular weight is 256 g/mol. The molecule has 100 valence electrons. The van der Waals surface area contributed by atoms with E-state index in [4.69, 9.17) is 0 Å². The SMILES string of the molecule is CNc1cc(N(C)c2ccccc2)nc(C(C)C)n1. The number of aromatic nitrogens is 2. The number of anilines is 3. The first-order valence-corrected chi connectivity index (χ1v) is 6.47. The summed E-state index contributed by atoms with van der Waals surface area (Å²) >= 11 is 0. The van der Waals surface area contributed by atoms with Crippen LogP contribution in [0.15, 0.2) is 36.4 Å². The van der Waals surface area contributed by atoms with Gasteiger partial charge in [0.1, 0.15) is 17.5 Å². The van der Waals surface area contributed by atoms with Gasteiger partial charge in [-0.05, 0) is 12.1 Å². The number of benzene rings is 1. The summed E-state index contributed by atoms with van der Waals surface area (Å²) in [5, 5.41) is 3.09. The maximum Gasteiger partial charge on any atom is 0.138 e. The number of rotatable bonds is 4. The molecule has 0 aliphatic rings. The van der Waals surface area contributed by atoms with Crippen LogP contribution in [-0.4, -0.2) is 24.1 Å². The van der Waals surface area contributed by atoms with E-state index in [1.165, 1.54) is 0 Å². The van der Waals surface area contributed by atoms with Crippen molar-refractivity contribution in [1.82, 2.24) is 9.97 Å². The Morgan fingerprint density at radius 2 is 1.79 bits per heavy atom. The summed E-state index contributed by atoms with van der Waals surface area (Å²) < 4.78 is 0. The minimum absolute atomic E-state index is 0.302. The summed E-state index contributed by atoms with van der Waals surface area (Å²) in [4.78, 5) is 11.2. The molecule has 0 saturated carbocycles. The van der Waals surface area contributed by atoms with Crippen molar-refractivity contribution >= 4 is 17.3 Å². The van der Waals surface area contributed by atoms with Crippen molar-refractivity contribution in [2.75, 3.05) is 24.3 Å². The van der Waals surface area contributed by atoms with E-state index in [1.54, 1.807) is 0 Å². The van der Waals surface area contributed by atoms with Gasteiger partial charge < -0.3 is 10.2 Å². The lowest BCUT2D eigenvalue weighted by atomic mass is 10.2. The number of nitrogens with zero attached hydrogens (tertiary/aromatic N) is 3. The first-order valence-electron chi connectivity index (χ1n) is 6.47. The van der Waals surface area contributed by atoms with Gasteiger partial charge in [-0.15, -0.1) is 0 Å². The van der Waals surface area contributed by atoms with E-state index in [9.17, 15) is 0 Å². The van der Waals surface area contributed by atoms with Gasteiger partial charge in [0.15, 0.2) is 0 Å². The molecule has 1 aromatic heterocycles. The Hall–Kier alpha value is -2.10. The molecule has 4 nitrogen and oxygen atoms in total. The van der Waals surface area contributed by atoms with E-state index in [2.05, 4.69) is 46.2 Å². The van der Waals surface area contributed by atoms with Crippen LogP contribution < -0.4 is 10.2 Å². The van der Waals surface area contributed by atoms with Gasteiger partial charge in [-0.1, -0.05) is 32.0 Å². The normalized spacial score (nSPS) is 10.6. The van der Waals surface area contributed by atoms with Gasteiger partial charge >= 0.3 is 0 Å². The predicted molar refractivity (Wildman–Crippen MR) is 80.2 cm³/mol. The quantitative estimate of drug-likeness (QED) is 0.910. The largest absolute Gasteiger partial charge is 0.373 e. The fourth-order valence-electron chi connectivity index (χ4n) is 1.79. The van der Waals surface area contributed by atoms with Crippen LogP contribution in [0.3, 0.4) is 0 Å². The van der Waals surface area contributed by atoms with E-state index >= 15 is 0 Å². The summed E-state index contributed by atoms with van der Waals surface area (Å²) in [6, 6.07) is 12.1. The summed E-state index contributed by atoms with van der Waals surface area (Å²) in [6.07, 6.45) is 0. The Kier molecular flexibility index (Phi) is 4.00. The van der Waals surface area contributed by atoms with Crippen LogP contribution in [0.4, 0.5) is 17.3 Å². The first kappa shape index (κ1) is 13.3. The second-order valence-corrected chi connectivity index (χ2v) is 4.77. The third-order valence-corrected chi connectivity index (χ3v) is 2.99. The molecule has 4 heteroatoms. The highest BCUT2D eigenvalue weighted by Gasteiger charge is 2.11. The zero-order chi connectivity index (χ0) is 13.8. The van der Waals surface area contributed by atoms with E-state index in [0.717, 1.165) is 23.1 Å². The van der Waals surface area contributed by atoms with Crippen LogP contribution in [0.2, 0.25) is 0 Å². The van der Waals surface area contributed by atoms with Gasteiger partial charge in [0, 0.05) is 31.8 Å². The molecule has 1 N–H and O–H groups in total. The molecule has 1 heterocycles. The molecule has 0 unspecified atom stereocenters. The lowest BCUT2D eigenvalue weighted by Crippen LogP contribution is -2.14. The van der Waals surface area contributed by atoms with Gasteiger partial charge in [0.2, 0.25) is 0 Å².